The Kier molecular flexibility index (Phi) is 5.89. The third-order valence-corrected chi connectivity index (χ3v) is 5.09. The minimum atomic E-state index is 0.00276. The Balaban J connectivity index is 1.87. The van der Waals surface area contributed by atoms with Crippen LogP contribution in [0.4, 0.5) is 0 Å². The van der Waals surface area contributed by atoms with Crippen molar-refractivity contribution in [1.29, 1.82) is 0 Å². The molecule has 5 nitrogen and oxygen atoms in total. The molecule has 1 amide bonds. The Morgan fingerprint density at radius 3 is 2.30 bits per heavy atom. The van der Waals surface area contributed by atoms with Crippen molar-refractivity contribution < 1.29 is 19.0 Å². The average Bonchev–Trinajstić information content (AvgIpc) is 3.18. The molecular formula is C22H27NO4. The van der Waals surface area contributed by atoms with Gasteiger partial charge < -0.3 is 19.1 Å². The van der Waals surface area contributed by atoms with Crippen LogP contribution in [-0.2, 0) is 0 Å². The Morgan fingerprint density at radius 1 is 1.11 bits per heavy atom. The predicted octanol–water partition coefficient (Wildman–Crippen LogP) is 4.39. The highest BCUT2D eigenvalue weighted by Gasteiger charge is 2.31. The summed E-state index contributed by atoms with van der Waals surface area (Å²) >= 11 is 0. The zero-order valence-corrected chi connectivity index (χ0v) is 16.5. The Bertz CT molecular complexity index is 775. The van der Waals surface area contributed by atoms with Crippen LogP contribution in [0, 0.1) is 6.92 Å². The van der Waals surface area contributed by atoms with Crippen LogP contribution in [-0.4, -0.2) is 38.2 Å². The molecule has 0 aromatic heterocycles. The molecule has 0 radical (unpaired) electrons. The van der Waals surface area contributed by atoms with Crippen molar-refractivity contribution in [2.75, 3.05) is 27.4 Å². The van der Waals surface area contributed by atoms with E-state index >= 15 is 0 Å². The van der Waals surface area contributed by atoms with Crippen molar-refractivity contribution in [1.82, 2.24) is 4.90 Å². The van der Waals surface area contributed by atoms with Crippen LogP contribution >= 0.6 is 0 Å². The molecule has 3 rings (SSSR count). The summed E-state index contributed by atoms with van der Waals surface area (Å²) in [5.41, 5.74) is 2.61. The lowest BCUT2D eigenvalue weighted by Gasteiger charge is -2.26. The molecule has 0 N–H and O–H groups in total. The summed E-state index contributed by atoms with van der Waals surface area (Å²) in [5, 5.41) is 0. The number of hydrogen-bond acceptors (Lipinski definition) is 4. The van der Waals surface area contributed by atoms with Crippen LogP contribution in [0.3, 0.4) is 0 Å². The van der Waals surface area contributed by atoms with E-state index in [1.807, 2.05) is 30.9 Å². The van der Waals surface area contributed by atoms with E-state index in [1.54, 1.807) is 26.4 Å². The molecule has 1 fully saturated rings. The van der Waals surface area contributed by atoms with Crippen LogP contribution in [0.1, 0.15) is 47.3 Å². The maximum absolute atomic E-state index is 13.2. The molecule has 1 atom stereocenters. The summed E-state index contributed by atoms with van der Waals surface area (Å²) in [6.45, 7) is 5.28. The number of benzene rings is 2. The van der Waals surface area contributed by atoms with Crippen molar-refractivity contribution in [2.45, 2.75) is 32.7 Å². The summed E-state index contributed by atoms with van der Waals surface area (Å²) in [6.07, 6.45) is 1.95. The fourth-order valence-electron chi connectivity index (χ4n) is 3.68. The highest BCUT2D eigenvalue weighted by Crippen LogP contribution is 2.36. The first kappa shape index (κ1) is 19.1. The lowest BCUT2D eigenvalue weighted by atomic mass is 10.0. The number of methoxy groups -OCH3 is 2. The van der Waals surface area contributed by atoms with Gasteiger partial charge in [-0.2, -0.15) is 0 Å². The van der Waals surface area contributed by atoms with Gasteiger partial charge in [0.15, 0.2) is 0 Å². The predicted molar refractivity (Wildman–Crippen MR) is 105 cm³/mol. The van der Waals surface area contributed by atoms with Crippen molar-refractivity contribution in [3.05, 3.63) is 53.1 Å². The summed E-state index contributed by atoms with van der Waals surface area (Å²) in [5.74, 6) is 2.18. The third kappa shape index (κ3) is 3.87. The molecule has 1 unspecified atom stereocenters. The Hall–Kier alpha value is -2.69. The van der Waals surface area contributed by atoms with Crippen LogP contribution in [0.15, 0.2) is 36.4 Å². The van der Waals surface area contributed by atoms with Crippen LogP contribution in [0.25, 0.3) is 0 Å². The minimum absolute atomic E-state index is 0.00276. The first-order chi connectivity index (χ1) is 13.1. The molecule has 1 saturated heterocycles. The summed E-state index contributed by atoms with van der Waals surface area (Å²) in [6, 6.07) is 11.7. The average molecular weight is 369 g/mol. The molecular weight excluding hydrogens is 342 g/mol. The van der Waals surface area contributed by atoms with Gasteiger partial charge in [-0.05, 0) is 56.5 Å². The monoisotopic (exact) mass is 369 g/mol. The van der Waals surface area contributed by atoms with Crippen LogP contribution in [0.5, 0.6) is 17.2 Å². The summed E-state index contributed by atoms with van der Waals surface area (Å²) < 4.78 is 16.4. The third-order valence-electron chi connectivity index (χ3n) is 5.09. The van der Waals surface area contributed by atoms with Crippen molar-refractivity contribution >= 4 is 5.91 Å². The van der Waals surface area contributed by atoms with Gasteiger partial charge in [0.2, 0.25) is 0 Å². The van der Waals surface area contributed by atoms with Gasteiger partial charge in [-0.1, -0.05) is 12.1 Å². The lowest BCUT2D eigenvalue weighted by Crippen LogP contribution is -2.30. The van der Waals surface area contributed by atoms with Gasteiger partial charge in [0.05, 0.1) is 26.9 Å². The smallest absolute Gasteiger partial charge is 0.254 e. The first-order valence-corrected chi connectivity index (χ1v) is 9.35. The van der Waals surface area contributed by atoms with E-state index in [2.05, 4.69) is 12.1 Å². The fraction of sp³-hybridized carbons (Fsp3) is 0.409. The molecule has 144 valence electrons. The van der Waals surface area contributed by atoms with Crippen molar-refractivity contribution in [3.8, 4) is 17.2 Å². The summed E-state index contributed by atoms with van der Waals surface area (Å²) in [7, 11) is 3.21. The van der Waals surface area contributed by atoms with E-state index in [0.717, 1.165) is 36.3 Å². The molecule has 2 aromatic carbocycles. The number of nitrogens with zero attached hydrogens (tertiary/aromatic N) is 1. The molecule has 0 bridgehead atoms. The number of rotatable bonds is 6. The van der Waals surface area contributed by atoms with Gasteiger partial charge in [0.25, 0.3) is 5.91 Å². The second-order valence-electron chi connectivity index (χ2n) is 6.66. The van der Waals surface area contributed by atoms with Crippen LogP contribution < -0.4 is 14.2 Å². The normalized spacial score (nSPS) is 16.3. The number of hydrogen-bond donors (Lipinski definition) is 0. The van der Waals surface area contributed by atoms with E-state index in [9.17, 15) is 4.79 Å². The largest absolute Gasteiger partial charge is 0.496 e. The zero-order chi connectivity index (χ0) is 19.4. The van der Waals surface area contributed by atoms with Gasteiger partial charge in [0.1, 0.15) is 17.2 Å². The number of likely N-dealkylation sites (tertiary alicyclic amines) is 1. The Morgan fingerprint density at radius 2 is 1.74 bits per heavy atom. The second-order valence-corrected chi connectivity index (χ2v) is 6.66. The number of ether oxygens (including phenoxy) is 3. The van der Waals surface area contributed by atoms with Gasteiger partial charge in [-0.25, -0.2) is 0 Å². The van der Waals surface area contributed by atoms with Crippen LogP contribution in [0.2, 0.25) is 0 Å². The fourth-order valence-corrected chi connectivity index (χ4v) is 3.68. The first-order valence-electron chi connectivity index (χ1n) is 9.35. The van der Waals surface area contributed by atoms with Gasteiger partial charge in [0, 0.05) is 17.7 Å². The van der Waals surface area contributed by atoms with Crippen molar-refractivity contribution in [3.63, 3.8) is 0 Å². The second kappa shape index (κ2) is 8.33. The molecule has 27 heavy (non-hydrogen) atoms. The maximum Gasteiger partial charge on any atom is 0.254 e. The van der Waals surface area contributed by atoms with Gasteiger partial charge in [-0.3, -0.25) is 4.79 Å². The standard InChI is InChI=1S/C22H27NO4/c1-5-27-18-10-8-16(9-11-18)19-7-6-12-23(19)22(24)17-13-20(25-3)15(2)21(14-17)26-4/h8-11,13-14,19H,5-7,12H2,1-4H3. The molecule has 0 aliphatic carbocycles. The molecule has 0 saturated carbocycles. The van der Waals surface area contributed by atoms with E-state index in [4.69, 9.17) is 14.2 Å². The lowest BCUT2D eigenvalue weighted by molar-refractivity contribution is 0.0735. The highest BCUT2D eigenvalue weighted by atomic mass is 16.5. The maximum atomic E-state index is 13.2. The minimum Gasteiger partial charge on any atom is -0.496 e. The van der Waals surface area contributed by atoms with E-state index in [-0.39, 0.29) is 11.9 Å². The SMILES string of the molecule is CCOc1ccc(C2CCCN2C(=O)c2cc(OC)c(C)c(OC)c2)cc1. The van der Waals surface area contributed by atoms with E-state index in [1.165, 1.54) is 0 Å². The molecule has 5 heteroatoms. The van der Waals surface area contributed by atoms with Gasteiger partial charge in [-0.15, -0.1) is 0 Å². The van der Waals surface area contributed by atoms with E-state index in [0.29, 0.717) is 23.7 Å². The quantitative estimate of drug-likeness (QED) is 0.758. The summed E-state index contributed by atoms with van der Waals surface area (Å²) in [4.78, 5) is 15.2. The number of amides is 1. The zero-order valence-electron chi connectivity index (χ0n) is 16.5. The molecule has 1 heterocycles. The van der Waals surface area contributed by atoms with E-state index < -0.39 is 0 Å². The molecule has 1 aliphatic heterocycles. The molecule has 2 aromatic rings. The topological polar surface area (TPSA) is 48.0 Å². The molecule has 1 aliphatic rings. The highest BCUT2D eigenvalue weighted by molar-refractivity contribution is 5.95. The molecule has 0 spiro atoms. The Labute approximate surface area is 160 Å². The van der Waals surface area contributed by atoms with Crippen molar-refractivity contribution in [2.24, 2.45) is 0 Å². The number of carbonyl (C=O) groups is 1. The number of carbonyl (C=O) groups excluding carboxylic acids is 1. The van der Waals surface area contributed by atoms with Gasteiger partial charge >= 0.3 is 0 Å².